The second kappa shape index (κ2) is 5.66. The summed E-state index contributed by atoms with van der Waals surface area (Å²) in [6.45, 7) is 4.36. The number of rotatable bonds is 2. The van der Waals surface area contributed by atoms with Crippen LogP contribution < -0.4 is 4.90 Å². The van der Waals surface area contributed by atoms with Crippen LogP contribution in [-0.2, 0) is 0 Å². The maximum atomic E-state index is 8.85. The summed E-state index contributed by atoms with van der Waals surface area (Å²) >= 11 is 8.11. The van der Waals surface area contributed by atoms with Crippen LogP contribution in [0.25, 0.3) is 0 Å². The second-order valence-corrected chi connectivity index (χ2v) is 5.94. The van der Waals surface area contributed by atoms with Gasteiger partial charge in [-0.15, -0.1) is 0 Å². The average molecular weight is 267 g/mol. The number of hydrogen-bond donors (Lipinski definition) is 0. The zero-order valence-electron chi connectivity index (χ0n) is 9.82. The Bertz CT molecular complexity index is 442. The quantitative estimate of drug-likeness (QED) is 0.819. The topological polar surface area (TPSA) is 27.0 Å². The fourth-order valence-corrected chi connectivity index (χ4v) is 3.39. The van der Waals surface area contributed by atoms with E-state index in [1.807, 2.05) is 23.9 Å². The van der Waals surface area contributed by atoms with Crippen LogP contribution in [0.2, 0.25) is 5.02 Å². The van der Waals surface area contributed by atoms with Gasteiger partial charge in [-0.2, -0.15) is 17.0 Å². The summed E-state index contributed by atoms with van der Waals surface area (Å²) in [6, 6.07) is 7.80. The zero-order chi connectivity index (χ0) is 12.3. The van der Waals surface area contributed by atoms with Gasteiger partial charge in [-0.1, -0.05) is 18.5 Å². The molecule has 2 rings (SSSR count). The van der Waals surface area contributed by atoms with Gasteiger partial charge < -0.3 is 4.90 Å². The van der Waals surface area contributed by atoms with E-state index in [-0.39, 0.29) is 0 Å². The number of hydrogen-bond acceptors (Lipinski definition) is 3. The van der Waals surface area contributed by atoms with Crippen LogP contribution in [0.4, 0.5) is 5.69 Å². The van der Waals surface area contributed by atoms with E-state index in [0.29, 0.717) is 15.8 Å². The van der Waals surface area contributed by atoms with E-state index in [1.54, 1.807) is 6.07 Å². The Morgan fingerprint density at radius 3 is 3.06 bits per heavy atom. The zero-order valence-corrected chi connectivity index (χ0v) is 11.4. The highest BCUT2D eigenvalue weighted by Crippen LogP contribution is 2.28. The van der Waals surface area contributed by atoms with Crippen LogP contribution in [0.3, 0.4) is 0 Å². The minimum absolute atomic E-state index is 0.550. The molecule has 0 bridgehead atoms. The summed E-state index contributed by atoms with van der Waals surface area (Å²) in [7, 11) is 0. The van der Waals surface area contributed by atoms with E-state index in [0.717, 1.165) is 24.5 Å². The first-order chi connectivity index (χ1) is 8.24. The SMILES string of the molecule is CCC1CN(c2ccc(C#N)c(Cl)c2)CCS1. The fraction of sp³-hybridized carbons (Fsp3) is 0.462. The number of nitrogens with zero attached hydrogens (tertiary/aromatic N) is 2. The van der Waals surface area contributed by atoms with Crippen molar-refractivity contribution in [1.82, 2.24) is 0 Å². The molecule has 2 nitrogen and oxygen atoms in total. The van der Waals surface area contributed by atoms with Gasteiger partial charge in [0, 0.05) is 29.8 Å². The second-order valence-electron chi connectivity index (χ2n) is 4.12. The summed E-state index contributed by atoms with van der Waals surface area (Å²) in [6.07, 6.45) is 1.20. The first-order valence-electron chi connectivity index (χ1n) is 5.80. The third kappa shape index (κ3) is 2.88. The molecule has 1 atom stereocenters. The van der Waals surface area contributed by atoms with Crippen molar-refractivity contribution in [3.63, 3.8) is 0 Å². The van der Waals surface area contributed by atoms with Crippen molar-refractivity contribution in [2.45, 2.75) is 18.6 Å². The van der Waals surface area contributed by atoms with E-state index in [2.05, 4.69) is 17.9 Å². The Morgan fingerprint density at radius 1 is 1.59 bits per heavy atom. The number of anilines is 1. The van der Waals surface area contributed by atoms with Crippen molar-refractivity contribution in [1.29, 1.82) is 5.26 Å². The molecule has 1 heterocycles. The molecule has 0 amide bonds. The predicted molar refractivity (Wildman–Crippen MR) is 74.9 cm³/mol. The molecule has 0 radical (unpaired) electrons. The van der Waals surface area contributed by atoms with Crippen molar-refractivity contribution < 1.29 is 0 Å². The molecule has 1 fully saturated rings. The lowest BCUT2D eigenvalue weighted by Gasteiger charge is -2.33. The molecular formula is C13H15ClN2S. The standard InChI is InChI=1S/C13H15ClN2S/c1-2-12-9-16(5-6-17-12)11-4-3-10(8-15)13(14)7-11/h3-4,7,12H,2,5-6,9H2,1H3. The van der Waals surface area contributed by atoms with E-state index in [4.69, 9.17) is 16.9 Å². The van der Waals surface area contributed by atoms with Gasteiger partial charge in [0.2, 0.25) is 0 Å². The van der Waals surface area contributed by atoms with Crippen molar-refractivity contribution in [2.75, 3.05) is 23.7 Å². The van der Waals surface area contributed by atoms with E-state index < -0.39 is 0 Å². The highest BCUT2D eigenvalue weighted by atomic mass is 35.5. The normalized spacial score (nSPS) is 20.1. The highest BCUT2D eigenvalue weighted by molar-refractivity contribution is 8.00. The molecule has 0 aliphatic carbocycles. The van der Waals surface area contributed by atoms with Crippen LogP contribution >= 0.6 is 23.4 Å². The molecule has 17 heavy (non-hydrogen) atoms. The maximum absolute atomic E-state index is 8.85. The summed E-state index contributed by atoms with van der Waals surface area (Å²) in [5, 5.41) is 10.1. The van der Waals surface area contributed by atoms with Gasteiger partial charge in [0.25, 0.3) is 0 Å². The average Bonchev–Trinajstić information content (AvgIpc) is 2.38. The third-order valence-corrected chi connectivity index (χ3v) is 4.72. The molecule has 1 aromatic carbocycles. The van der Waals surface area contributed by atoms with Crippen LogP contribution in [-0.4, -0.2) is 24.1 Å². The van der Waals surface area contributed by atoms with Crippen molar-refractivity contribution in [3.8, 4) is 6.07 Å². The number of benzene rings is 1. The first-order valence-corrected chi connectivity index (χ1v) is 7.23. The Balaban J connectivity index is 2.17. The monoisotopic (exact) mass is 266 g/mol. The van der Waals surface area contributed by atoms with Gasteiger partial charge in [0.1, 0.15) is 6.07 Å². The lowest BCUT2D eigenvalue weighted by atomic mass is 10.2. The predicted octanol–water partition coefficient (Wildman–Crippen LogP) is 3.54. The van der Waals surface area contributed by atoms with Crippen molar-refractivity contribution in [3.05, 3.63) is 28.8 Å². The molecule has 1 aliphatic heterocycles. The summed E-state index contributed by atoms with van der Waals surface area (Å²) in [5.74, 6) is 1.16. The van der Waals surface area contributed by atoms with E-state index >= 15 is 0 Å². The smallest absolute Gasteiger partial charge is 0.101 e. The summed E-state index contributed by atoms with van der Waals surface area (Å²) in [4.78, 5) is 2.36. The van der Waals surface area contributed by atoms with Gasteiger partial charge >= 0.3 is 0 Å². The summed E-state index contributed by atoms with van der Waals surface area (Å²) in [5.41, 5.74) is 1.68. The summed E-state index contributed by atoms with van der Waals surface area (Å²) < 4.78 is 0. The highest BCUT2D eigenvalue weighted by Gasteiger charge is 2.19. The molecule has 0 saturated carbocycles. The van der Waals surface area contributed by atoms with Crippen LogP contribution in [0.5, 0.6) is 0 Å². The molecule has 90 valence electrons. The van der Waals surface area contributed by atoms with Crippen molar-refractivity contribution in [2.24, 2.45) is 0 Å². The number of thioether (sulfide) groups is 1. The first kappa shape index (κ1) is 12.6. The number of nitriles is 1. The number of halogens is 1. The molecule has 1 unspecified atom stereocenters. The molecule has 1 aromatic rings. The molecule has 0 aromatic heterocycles. The third-order valence-electron chi connectivity index (χ3n) is 3.03. The minimum atomic E-state index is 0.550. The van der Waals surface area contributed by atoms with E-state index in [9.17, 15) is 0 Å². The molecule has 0 spiro atoms. The largest absolute Gasteiger partial charge is 0.370 e. The van der Waals surface area contributed by atoms with Gasteiger partial charge in [-0.05, 0) is 24.6 Å². The Labute approximate surface area is 112 Å². The lowest BCUT2D eigenvalue weighted by molar-refractivity contribution is 0.728. The molecular weight excluding hydrogens is 252 g/mol. The van der Waals surface area contributed by atoms with Gasteiger partial charge in [-0.3, -0.25) is 0 Å². The fourth-order valence-electron chi connectivity index (χ4n) is 1.99. The Morgan fingerprint density at radius 2 is 2.41 bits per heavy atom. The minimum Gasteiger partial charge on any atom is -0.370 e. The molecule has 0 N–H and O–H groups in total. The van der Waals surface area contributed by atoms with Gasteiger partial charge in [0.05, 0.1) is 10.6 Å². The van der Waals surface area contributed by atoms with Crippen LogP contribution in [0.1, 0.15) is 18.9 Å². The lowest BCUT2D eigenvalue weighted by Crippen LogP contribution is -2.37. The van der Waals surface area contributed by atoms with Gasteiger partial charge in [0.15, 0.2) is 0 Å². The van der Waals surface area contributed by atoms with Gasteiger partial charge in [-0.25, -0.2) is 0 Å². The Kier molecular flexibility index (Phi) is 4.20. The maximum Gasteiger partial charge on any atom is 0.101 e. The molecule has 1 aliphatic rings. The van der Waals surface area contributed by atoms with Crippen LogP contribution in [0.15, 0.2) is 18.2 Å². The van der Waals surface area contributed by atoms with E-state index in [1.165, 1.54) is 6.42 Å². The molecule has 1 saturated heterocycles. The van der Waals surface area contributed by atoms with Crippen LogP contribution in [0, 0.1) is 11.3 Å². The Hall–Kier alpha value is -0.850. The van der Waals surface area contributed by atoms with Crippen molar-refractivity contribution >= 4 is 29.1 Å². The molecule has 4 heteroatoms.